The number of hydrogen-bond acceptors (Lipinski definition) is 3. The van der Waals surface area contributed by atoms with Crippen LogP contribution in [0, 0.1) is 5.41 Å². The minimum absolute atomic E-state index is 0.00352. The van der Waals surface area contributed by atoms with Crippen LogP contribution in [0.4, 0.5) is 0 Å². The van der Waals surface area contributed by atoms with Gasteiger partial charge in [-0.2, -0.15) is 12.6 Å². The number of rotatable bonds is 8. The quantitative estimate of drug-likeness (QED) is 0.577. The summed E-state index contributed by atoms with van der Waals surface area (Å²) in [4.78, 5) is 21.2. The highest BCUT2D eigenvalue weighted by Crippen LogP contribution is 2.39. The van der Waals surface area contributed by atoms with Crippen molar-refractivity contribution in [2.45, 2.75) is 51.2 Å². The highest BCUT2D eigenvalue weighted by molar-refractivity contribution is 7.81. The van der Waals surface area contributed by atoms with Crippen LogP contribution in [0.25, 0.3) is 0 Å². The average molecular weight is 248 g/mol. The smallest absolute Gasteiger partial charge is 0.303 e. The molecular weight excluding hydrogens is 228 g/mol. The van der Waals surface area contributed by atoms with E-state index in [0.717, 1.165) is 6.42 Å². The fourth-order valence-corrected chi connectivity index (χ4v) is 2.34. The van der Waals surface area contributed by atoms with Crippen molar-refractivity contribution in [3.05, 3.63) is 0 Å². The van der Waals surface area contributed by atoms with E-state index in [1.54, 1.807) is 0 Å². The first-order valence-corrected chi connectivity index (χ1v) is 5.97. The van der Waals surface area contributed by atoms with Gasteiger partial charge in [-0.15, -0.1) is 0 Å². The zero-order chi connectivity index (χ0) is 12.8. The van der Waals surface area contributed by atoms with Crippen LogP contribution in [0.15, 0.2) is 0 Å². The molecule has 4 nitrogen and oxygen atoms in total. The third-order valence-corrected chi connectivity index (χ3v) is 3.81. The lowest BCUT2D eigenvalue weighted by molar-refractivity contribution is -0.137. The van der Waals surface area contributed by atoms with Gasteiger partial charge in [0.1, 0.15) is 0 Å². The zero-order valence-electron chi connectivity index (χ0n) is 9.77. The molecule has 1 atom stereocenters. The van der Waals surface area contributed by atoms with Gasteiger partial charge in [0, 0.05) is 18.1 Å². The normalized spacial score (nSPS) is 13.4. The van der Waals surface area contributed by atoms with Gasteiger partial charge >= 0.3 is 11.9 Å². The molecule has 0 aromatic rings. The lowest BCUT2D eigenvalue weighted by Gasteiger charge is -2.35. The summed E-state index contributed by atoms with van der Waals surface area (Å²) in [7, 11) is 0. The molecule has 0 aromatic heterocycles. The monoisotopic (exact) mass is 248 g/mol. The molecule has 0 aliphatic heterocycles. The molecule has 0 fully saturated rings. The number of thiol groups is 1. The van der Waals surface area contributed by atoms with E-state index in [1.165, 1.54) is 0 Å². The maximum absolute atomic E-state index is 10.6. The van der Waals surface area contributed by atoms with Gasteiger partial charge in [-0.1, -0.05) is 13.8 Å². The second-order valence-electron chi connectivity index (χ2n) is 4.18. The first-order valence-electron chi connectivity index (χ1n) is 5.45. The Morgan fingerprint density at radius 1 is 1.19 bits per heavy atom. The van der Waals surface area contributed by atoms with Gasteiger partial charge in [0.25, 0.3) is 0 Å². The van der Waals surface area contributed by atoms with Gasteiger partial charge in [-0.25, -0.2) is 0 Å². The van der Waals surface area contributed by atoms with Crippen LogP contribution < -0.4 is 0 Å². The maximum atomic E-state index is 10.6. The van der Waals surface area contributed by atoms with Crippen molar-refractivity contribution < 1.29 is 19.8 Å². The van der Waals surface area contributed by atoms with Gasteiger partial charge in [0.15, 0.2) is 0 Å². The van der Waals surface area contributed by atoms with Gasteiger partial charge in [0.2, 0.25) is 0 Å². The summed E-state index contributed by atoms with van der Waals surface area (Å²) in [5, 5.41) is 17.4. The van der Waals surface area contributed by atoms with Crippen molar-refractivity contribution >= 4 is 24.6 Å². The van der Waals surface area contributed by atoms with E-state index in [2.05, 4.69) is 12.6 Å². The van der Waals surface area contributed by atoms with Crippen molar-refractivity contribution in [2.24, 2.45) is 5.41 Å². The summed E-state index contributed by atoms with van der Waals surface area (Å²) in [6, 6.07) is 0. The number of carboxylic acid groups (broad SMARTS) is 2. The standard InChI is InChI=1S/C11H20O4S/c1-3-11(8(2)16,6-4-9(12)13)7-5-10(14)15/h8,16H,3-7H2,1-2H3,(H,12,13)(H,14,15). The molecule has 0 radical (unpaired) electrons. The highest BCUT2D eigenvalue weighted by Gasteiger charge is 2.33. The van der Waals surface area contributed by atoms with E-state index in [0.29, 0.717) is 12.8 Å². The van der Waals surface area contributed by atoms with Gasteiger partial charge in [-0.3, -0.25) is 9.59 Å². The summed E-state index contributed by atoms with van der Waals surface area (Å²) in [6.45, 7) is 3.85. The van der Waals surface area contributed by atoms with Crippen molar-refractivity contribution in [1.29, 1.82) is 0 Å². The molecule has 0 heterocycles. The Bertz CT molecular complexity index is 232. The Morgan fingerprint density at radius 2 is 1.56 bits per heavy atom. The van der Waals surface area contributed by atoms with Crippen molar-refractivity contribution in [3.63, 3.8) is 0 Å². The van der Waals surface area contributed by atoms with E-state index >= 15 is 0 Å². The number of aliphatic carboxylic acids is 2. The van der Waals surface area contributed by atoms with Crippen LogP contribution in [0.2, 0.25) is 0 Å². The molecule has 1 unspecified atom stereocenters. The number of carboxylic acids is 2. The molecule has 94 valence electrons. The fraction of sp³-hybridized carbons (Fsp3) is 0.818. The summed E-state index contributed by atoms with van der Waals surface area (Å²) >= 11 is 4.38. The van der Waals surface area contributed by atoms with Gasteiger partial charge in [0.05, 0.1) is 0 Å². The largest absolute Gasteiger partial charge is 0.481 e. The number of hydrogen-bond donors (Lipinski definition) is 3. The molecule has 0 bridgehead atoms. The van der Waals surface area contributed by atoms with Crippen LogP contribution in [-0.4, -0.2) is 27.4 Å². The van der Waals surface area contributed by atoms with E-state index in [4.69, 9.17) is 10.2 Å². The molecule has 0 amide bonds. The van der Waals surface area contributed by atoms with Gasteiger partial charge < -0.3 is 10.2 Å². The first-order chi connectivity index (χ1) is 7.34. The molecule has 5 heteroatoms. The second kappa shape index (κ2) is 6.78. The molecule has 2 N–H and O–H groups in total. The SMILES string of the molecule is CCC(CCC(=O)O)(CCC(=O)O)C(C)S. The Balaban J connectivity index is 4.57. The molecular formula is C11H20O4S. The maximum Gasteiger partial charge on any atom is 0.303 e. The Labute approximate surface area is 101 Å². The molecule has 0 aliphatic rings. The molecule has 0 rings (SSSR count). The topological polar surface area (TPSA) is 74.6 Å². The van der Waals surface area contributed by atoms with Gasteiger partial charge in [-0.05, 0) is 24.7 Å². The predicted molar refractivity (Wildman–Crippen MR) is 64.9 cm³/mol. The Kier molecular flexibility index (Phi) is 6.48. The van der Waals surface area contributed by atoms with Crippen LogP contribution in [0.5, 0.6) is 0 Å². The molecule has 0 saturated heterocycles. The third kappa shape index (κ3) is 4.88. The van der Waals surface area contributed by atoms with E-state index in [1.807, 2.05) is 13.8 Å². The lowest BCUT2D eigenvalue weighted by atomic mass is 9.74. The van der Waals surface area contributed by atoms with Crippen LogP contribution >= 0.6 is 12.6 Å². The minimum atomic E-state index is -0.845. The fourth-order valence-electron chi connectivity index (χ4n) is 1.90. The lowest BCUT2D eigenvalue weighted by Crippen LogP contribution is -2.30. The molecule has 16 heavy (non-hydrogen) atoms. The van der Waals surface area contributed by atoms with Crippen molar-refractivity contribution in [2.75, 3.05) is 0 Å². The zero-order valence-corrected chi connectivity index (χ0v) is 10.7. The van der Waals surface area contributed by atoms with Crippen LogP contribution in [0.1, 0.15) is 46.0 Å². The minimum Gasteiger partial charge on any atom is -0.481 e. The summed E-state index contributed by atoms with van der Waals surface area (Å²) in [5.41, 5.74) is -0.292. The summed E-state index contributed by atoms with van der Waals surface area (Å²) in [6.07, 6.45) is 1.85. The second-order valence-corrected chi connectivity index (χ2v) is 4.95. The molecule has 0 spiro atoms. The molecule has 0 aromatic carbocycles. The van der Waals surface area contributed by atoms with Crippen LogP contribution in [0.3, 0.4) is 0 Å². The number of carbonyl (C=O) groups is 2. The van der Waals surface area contributed by atoms with E-state index in [9.17, 15) is 9.59 Å². The highest BCUT2D eigenvalue weighted by atomic mass is 32.1. The molecule has 0 aliphatic carbocycles. The Hall–Kier alpha value is -0.710. The van der Waals surface area contributed by atoms with E-state index < -0.39 is 11.9 Å². The van der Waals surface area contributed by atoms with Crippen molar-refractivity contribution in [3.8, 4) is 0 Å². The predicted octanol–water partition coefficient (Wildman–Crippen LogP) is 2.43. The average Bonchev–Trinajstić information content (AvgIpc) is 2.17. The van der Waals surface area contributed by atoms with E-state index in [-0.39, 0.29) is 23.5 Å². The summed E-state index contributed by atoms with van der Waals surface area (Å²) < 4.78 is 0. The third-order valence-electron chi connectivity index (χ3n) is 3.26. The first kappa shape index (κ1) is 15.3. The van der Waals surface area contributed by atoms with Crippen LogP contribution in [-0.2, 0) is 9.59 Å². The summed E-state index contributed by atoms with van der Waals surface area (Å²) in [5.74, 6) is -1.69. The molecule has 0 saturated carbocycles. The Morgan fingerprint density at radius 3 is 1.75 bits per heavy atom. The van der Waals surface area contributed by atoms with Crippen molar-refractivity contribution in [1.82, 2.24) is 0 Å².